The standard InChI is InChI=1S/C8H5NO4S/c10-7(11)4-1-6(13-2-4)5-3-14-8(12)9-5/h1-3H,(H,9,12)(H,10,11). The summed E-state index contributed by atoms with van der Waals surface area (Å²) in [4.78, 5) is 23.7. The average molecular weight is 211 g/mol. The van der Waals surface area contributed by atoms with Crippen LogP contribution in [-0.4, -0.2) is 16.1 Å². The van der Waals surface area contributed by atoms with E-state index in [0.29, 0.717) is 11.5 Å². The number of H-pyrrole nitrogens is 1. The third-order valence-corrected chi connectivity index (χ3v) is 2.30. The van der Waals surface area contributed by atoms with Gasteiger partial charge in [0.25, 0.3) is 0 Å². The highest BCUT2D eigenvalue weighted by molar-refractivity contribution is 7.07. The van der Waals surface area contributed by atoms with Crippen LogP contribution in [0.15, 0.2) is 26.9 Å². The smallest absolute Gasteiger partial charge is 0.338 e. The Morgan fingerprint density at radius 3 is 2.86 bits per heavy atom. The first kappa shape index (κ1) is 8.76. The number of furan rings is 1. The Hall–Kier alpha value is -1.82. The molecule has 0 spiro atoms. The molecule has 0 fully saturated rings. The topological polar surface area (TPSA) is 83.3 Å². The van der Waals surface area contributed by atoms with Crippen molar-refractivity contribution in [1.29, 1.82) is 0 Å². The zero-order chi connectivity index (χ0) is 10.1. The number of nitrogens with one attached hydrogen (secondary N) is 1. The number of carbonyl (C=O) groups is 1. The molecule has 14 heavy (non-hydrogen) atoms. The molecular weight excluding hydrogens is 206 g/mol. The Kier molecular flexibility index (Phi) is 1.97. The van der Waals surface area contributed by atoms with Crippen LogP contribution in [0.4, 0.5) is 0 Å². The molecule has 0 radical (unpaired) electrons. The molecule has 0 aliphatic rings. The molecule has 0 atom stereocenters. The second-order valence-electron chi connectivity index (χ2n) is 2.57. The highest BCUT2D eigenvalue weighted by atomic mass is 32.1. The molecule has 0 aromatic carbocycles. The van der Waals surface area contributed by atoms with Crippen LogP contribution in [0.2, 0.25) is 0 Å². The molecule has 0 bridgehead atoms. The average Bonchev–Trinajstić information content (AvgIpc) is 2.70. The summed E-state index contributed by atoms with van der Waals surface area (Å²) in [6.45, 7) is 0. The van der Waals surface area contributed by atoms with E-state index in [1.807, 2.05) is 0 Å². The molecule has 6 heteroatoms. The number of hydrogen-bond acceptors (Lipinski definition) is 4. The quantitative estimate of drug-likeness (QED) is 0.786. The highest BCUT2D eigenvalue weighted by Crippen LogP contribution is 2.20. The normalized spacial score (nSPS) is 10.3. The van der Waals surface area contributed by atoms with Crippen molar-refractivity contribution in [3.05, 3.63) is 32.9 Å². The number of aromatic amines is 1. The molecule has 2 N–H and O–H groups in total. The van der Waals surface area contributed by atoms with Crippen LogP contribution in [0, 0.1) is 0 Å². The van der Waals surface area contributed by atoms with Gasteiger partial charge in [-0.15, -0.1) is 0 Å². The van der Waals surface area contributed by atoms with Crippen molar-refractivity contribution in [2.75, 3.05) is 0 Å². The monoisotopic (exact) mass is 211 g/mol. The second-order valence-corrected chi connectivity index (χ2v) is 3.41. The van der Waals surface area contributed by atoms with Gasteiger partial charge in [-0.25, -0.2) is 4.79 Å². The first-order valence-electron chi connectivity index (χ1n) is 3.67. The van der Waals surface area contributed by atoms with Gasteiger partial charge >= 0.3 is 10.8 Å². The minimum Gasteiger partial charge on any atom is -0.478 e. The zero-order valence-corrected chi connectivity index (χ0v) is 7.63. The largest absolute Gasteiger partial charge is 0.478 e. The maximum absolute atomic E-state index is 10.8. The van der Waals surface area contributed by atoms with Crippen molar-refractivity contribution < 1.29 is 14.3 Å². The molecule has 72 valence electrons. The number of aromatic nitrogens is 1. The van der Waals surface area contributed by atoms with E-state index in [2.05, 4.69) is 4.98 Å². The molecule has 0 amide bonds. The van der Waals surface area contributed by atoms with Crippen molar-refractivity contribution in [2.24, 2.45) is 0 Å². The third kappa shape index (κ3) is 1.47. The van der Waals surface area contributed by atoms with Crippen LogP contribution in [-0.2, 0) is 0 Å². The summed E-state index contributed by atoms with van der Waals surface area (Å²) in [6.07, 6.45) is 1.13. The van der Waals surface area contributed by atoms with Gasteiger partial charge in [0.2, 0.25) is 0 Å². The lowest BCUT2D eigenvalue weighted by atomic mass is 10.3. The van der Waals surface area contributed by atoms with E-state index in [1.54, 1.807) is 5.38 Å². The van der Waals surface area contributed by atoms with E-state index in [-0.39, 0.29) is 10.4 Å². The molecular formula is C8H5NO4S. The summed E-state index contributed by atoms with van der Waals surface area (Å²) >= 11 is 0.998. The maximum atomic E-state index is 10.8. The van der Waals surface area contributed by atoms with E-state index in [9.17, 15) is 9.59 Å². The molecule has 2 rings (SSSR count). The Bertz CT molecular complexity index is 521. The lowest BCUT2D eigenvalue weighted by Crippen LogP contribution is -1.92. The van der Waals surface area contributed by atoms with Gasteiger partial charge < -0.3 is 14.5 Å². The SMILES string of the molecule is O=C(O)c1coc(-c2csc(=O)[nH]2)c1. The van der Waals surface area contributed by atoms with Crippen molar-refractivity contribution in [2.45, 2.75) is 0 Å². The summed E-state index contributed by atoms with van der Waals surface area (Å²) in [5, 5.41) is 10.2. The Morgan fingerprint density at radius 2 is 2.36 bits per heavy atom. The minimum atomic E-state index is -1.06. The van der Waals surface area contributed by atoms with E-state index in [1.165, 1.54) is 6.07 Å². The molecule has 0 saturated heterocycles. The number of rotatable bonds is 2. The second kappa shape index (κ2) is 3.15. The van der Waals surface area contributed by atoms with Crippen LogP contribution in [0.5, 0.6) is 0 Å². The van der Waals surface area contributed by atoms with Gasteiger partial charge in [-0.2, -0.15) is 0 Å². The predicted molar refractivity (Wildman–Crippen MR) is 49.6 cm³/mol. The summed E-state index contributed by atoms with van der Waals surface area (Å²) in [5.74, 6) is -0.710. The van der Waals surface area contributed by atoms with Gasteiger partial charge in [-0.05, 0) is 0 Å². The first-order chi connectivity index (χ1) is 6.66. The lowest BCUT2D eigenvalue weighted by Gasteiger charge is -1.85. The van der Waals surface area contributed by atoms with Crippen molar-refractivity contribution >= 4 is 17.3 Å². The van der Waals surface area contributed by atoms with E-state index in [4.69, 9.17) is 9.52 Å². The van der Waals surface area contributed by atoms with Crippen LogP contribution in [0.1, 0.15) is 10.4 Å². The summed E-state index contributed by atoms with van der Waals surface area (Å²) < 4.78 is 4.98. The predicted octanol–water partition coefficient (Wildman–Crippen LogP) is 1.39. The summed E-state index contributed by atoms with van der Waals surface area (Å²) in [6, 6.07) is 1.36. The van der Waals surface area contributed by atoms with Crippen LogP contribution in [0.3, 0.4) is 0 Å². The van der Waals surface area contributed by atoms with Gasteiger partial charge in [-0.1, -0.05) is 11.3 Å². The van der Waals surface area contributed by atoms with Gasteiger partial charge in [0.15, 0.2) is 5.76 Å². The molecule has 2 aromatic heterocycles. The van der Waals surface area contributed by atoms with Gasteiger partial charge in [-0.3, -0.25) is 4.79 Å². The first-order valence-corrected chi connectivity index (χ1v) is 4.55. The Morgan fingerprint density at radius 1 is 1.57 bits per heavy atom. The highest BCUT2D eigenvalue weighted by Gasteiger charge is 2.10. The molecule has 0 unspecified atom stereocenters. The third-order valence-electron chi connectivity index (χ3n) is 1.63. The van der Waals surface area contributed by atoms with Crippen LogP contribution < -0.4 is 4.87 Å². The van der Waals surface area contributed by atoms with Crippen molar-refractivity contribution in [1.82, 2.24) is 4.98 Å². The van der Waals surface area contributed by atoms with E-state index in [0.717, 1.165) is 17.6 Å². The number of carboxylic acids is 1. The van der Waals surface area contributed by atoms with Crippen LogP contribution in [0.25, 0.3) is 11.5 Å². The number of aromatic carboxylic acids is 1. The van der Waals surface area contributed by atoms with E-state index >= 15 is 0 Å². The van der Waals surface area contributed by atoms with Crippen molar-refractivity contribution in [3.63, 3.8) is 0 Å². The van der Waals surface area contributed by atoms with Crippen LogP contribution >= 0.6 is 11.3 Å². The zero-order valence-electron chi connectivity index (χ0n) is 6.81. The Labute approximate surface area is 81.6 Å². The fraction of sp³-hybridized carbons (Fsp3) is 0. The van der Waals surface area contributed by atoms with Gasteiger partial charge in [0, 0.05) is 11.4 Å². The maximum Gasteiger partial charge on any atom is 0.338 e. The van der Waals surface area contributed by atoms with Gasteiger partial charge in [0.1, 0.15) is 6.26 Å². The molecule has 2 aromatic rings. The number of thiazole rings is 1. The molecule has 2 heterocycles. The number of carboxylic acid groups (broad SMARTS) is 1. The van der Waals surface area contributed by atoms with Crippen molar-refractivity contribution in [3.8, 4) is 11.5 Å². The summed E-state index contributed by atoms with van der Waals surface area (Å²) in [5.41, 5.74) is 0.555. The molecule has 0 aliphatic carbocycles. The summed E-state index contributed by atoms with van der Waals surface area (Å²) in [7, 11) is 0. The minimum absolute atomic E-state index is 0.0621. The molecule has 5 nitrogen and oxygen atoms in total. The van der Waals surface area contributed by atoms with E-state index < -0.39 is 5.97 Å². The Balaban J connectivity index is 2.43. The molecule has 0 aliphatic heterocycles. The molecule has 0 saturated carbocycles. The fourth-order valence-electron chi connectivity index (χ4n) is 0.991. The lowest BCUT2D eigenvalue weighted by molar-refractivity contribution is 0.0696. The fourth-order valence-corrected chi connectivity index (χ4v) is 1.56. The van der Waals surface area contributed by atoms with Gasteiger partial charge in [0.05, 0.1) is 11.3 Å². The number of hydrogen-bond donors (Lipinski definition) is 2.